The molecule has 7 nitrogen and oxygen atoms in total. The molecule has 2 heterocycles. The zero-order chi connectivity index (χ0) is 17.5. The van der Waals surface area contributed by atoms with Crippen LogP contribution in [0.5, 0.6) is 0 Å². The summed E-state index contributed by atoms with van der Waals surface area (Å²) >= 11 is 0. The Hall–Kier alpha value is -2.46. The SMILES string of the molecule is CN(C)CCCN(C)c1nc(N(C)CCC#N)c2cccnc2n1. The molecule has 0 amide bonds. The second-order valence-corrected chi connectivity index (χ2v) is 6.13. The standard InChI is InChI=1S/C17H25N7/c1-22(2)11-7-13-24(4)17-20-15-14(8-5-10-19-15)16(21-17)23(3)12-6-9-18/h5,8,10H,6-7,11-13H2,1-4H3. The normalized spacial score (nSPS) is 10.8. The van der Waals surface area contributed by atoms with Crippen LogP contribution in [-0.2, 0) is 0 Å². The first-order valence-corrected chi connectivity index (χ1v) is 8.09. The molecule has 0 aliphatic heterocycles. The number of hydrogen-bond acceptors (Lipinski definition) is 7. The van der Waals surface area contributed by atoms with Crippen LogP contribution >= 0.6 is 0 Å². The highest BCUT2D eigenvalue weighted by molar-refractivity contribution is 5.87. The summed E-state index contributed by atoms with van der Waals surface area (Å²) in [5.74, 6) is 1.48. The lowest BCUT2D eigenvalue weighted by atomic mass is 10.3. The molecule has 0 unspecified atom stereocenters. The van der Waals surface area contributed by atoms with E-state index in [1.807, 2.05) is 31.1 Å². The average molecular weight is 327 g/mol. The zero-order valence-electron chi connectivity index (χ0n) is 14.9. The van der Waals surface area contributed by atoms with Crippen molar-refractivity contribution < 1.29 is 0 Å². The molecule has 0 spiro atoms. The van der Waals surface area contributed by atoms with Crippen molar-refractivity contribution in [3.05, 3.63) is 18.3 Å². The van der Waals surface area contributed by atoms with Crippen LogP contribution in [0, 0.1) is 11.3 Å². The van der Waals surface area contributed by atoms with Gasteiger partial charge in [-0.05, 0) is 39.2 Å². The Morgan fingerprint density at radius 3 is 2.54 bits per heavy atom. The highest BCUT2D eigenvalue weighted by atomic mass is 15.3. The Bertz CT molecular complexity index is 708. The van der Waals surface area contributed by atoms with Crippen LogP contribution in [0.4, 0.5) is 11.8 Å². The quantitative estimate of drug-likeness (QED) is 0.731. The number of anilines is 2. The molecular weight excluding hydrogens is 302 g/mol. The average Bonchev–Trinajstić information content (AvgIpc) is 2.58. The molecule has 0 aliphatic rings. The Morgan fingerprint density at radius 2 is 1.83 bits per heavy atom. The van der Waals surface area contributed by atoms with Crippen molar-refractivity contribution >= 4 is 22.8 Å². The van der Waals surface area contributed by atoms with E-state index in [1.165, 1.54) is 0 Å². The second-order valence-electron chi connectivity index (χ2n) is 6.13. The van der Waals surface area contributed by atoms with E-state index in [-0.39, 0.29) is 0 Å². The molecule has 2 aromatic rings. The van der Waals surface area contributed by atoms with Crippen LogP contribution in [-0.4, -0.2) is 67.7 Å². The summed E-state index contributed by atoms with van der Waals surface area (Å²) in [6.07, 6.45) is 3.23. The van der Waals surface area contributed by atoms with Crippen LogP contribution in [0.25, 0.3) is 11.0 Å². The number of hydrogen-bond donors (Lipinski definition) is 0. The summed E-state index contributed by atoms with van der Waals surface area (Å²) < 4.78 is 0. The zero-order valence-corrected chi connectivity index (χ0v) is 14.9. The fraction of sp³-hybridized carbons (Fsp3) is 0.529. The molecule has 0 atom stereocenters. The fourth-order valence-corrected chi connectivity index (χ4v) is 2.44. The smallest absolute Gasteiger partial charge is 0.229 e. The summed E-state index contributed by atoms with van der Waals surface area (Å²) in [5, 5.41) is 9.73. The maximum Gasteiger partial charge on any atom is 0.229 e. The van der Waals surface area contributed by atoms with Gasteiger partial charge in [0.25, 0.3) is 0 Å². The van der Waals surface area contributed by atoms with E-state index in [0.29, 0.717) is 24.6 Å². The summed E-state index contributed by atoms with van der Waals surface area (Å²) in [7, 11) is 8.08. The lowest BCUT2D eigenvalue weighted by molar-refractivity contribution is 0.401. The van der Waals surface area contributed by atoms with Crippen molar-refractivity contribution in [3.8, 4) is 6.07 Å². The maximum absolute atomic E-state index is 8.83. The molecule has 0 N–H and O–H groups in total. The van der Waals surface area contributed by atoms with Gasteiger partial charge in [-0.25, -0.2) is 4.98 Å². The van der Waals surface area contributed by atoms with E-state index in [4.69, 9.17) is 10.2 Å². The summed E-state index contributed by atoms with van der Waals surface area (Å²) in [6, 6.07) is 6.03. The minimum Gasteiger partial charge on any atom is -0.358 e. The highest BCUT2D eigenvalue weighted by Gasteiger charge is 2.14. The third-order valence-electron chi connectivity index (χ3n) is 3.80. The summed E-state index contributed by atoms with van der Waals surface area (Å²) in [6.45, 7) is 2.52. The molecule has 128 valence electrons. The van der Waals surface area contributed by atoms with Crippen molar-refractivity contribution in [2.45, 2.75) is 12.8 Å². The Balaban J connectivity index is 2.29. The van der Waals surface area contributed by atoms with E-state index in [9.17, 15) is 0 Å². The summed E-state index contributed by atoms with van der Waals surface area (Å²) in [5.41, 5.74) is 0.681. The minimum atomic E-state index is 0.455. The van der Waals surface area contributed by atoms with E-state index in [0.717, 1.165) is 30.7 Å². The molecule has 0 aromatic carbocycles. The van der Waals surface area contributed by atoms with E-state index >= 15 is 0 Å². The monoisotopic (exact) mass is 327 g/mol. The first kappa shape index (κ1) is 17.9. The van der Waals surface area contributed by atoms with Gasteiger partial charge in [0.2, 0.25) is 5.95 Å². The number of rotatable bonds is 8. The third-order valence-corrected chi connectivity index (χ3v) is 3.80. The summed E-state index contributed by atoms with van der Waals surface area (Å²) in [4.78, 5) is 19.9. The molecule has 7 heteroatoms. The van der Waals surface area contributed by atoms with Crippen molar-refractivity contribution in [2.75, 3.05) is 57.6 Å². The van der Waals surface area contributed by atoms with Crippen LogP contribution in [0.3, 0.4) is 0 Å². The Morgan fingerprint density at radius 1 is 1.04 bits per heavy atom. The lowest BCUT2D eigenvalue weighted by Gasteiger charge is -2.23. The maximum atomic E-state index is 8.83. The Kier molecular flexibility index (Phi) is 6.27. The van der Waals surface area contributed by atoms with E-state index in [1.54, 1.807) is 6.20 Å². The minimum absolute atomic E-state index is 0.455. The van der Waals surface area contributed by atoms with Crippen LogP contribution < -0.4 is 9.80 Å². The molecule has 0 aliphatic carbocycles. The number of pyridine rings is 1. The molecule has 24 heavy (non-hydrogen) atoms. The van der Waals surface area contributed by atoms with Gasteiger partial charge in [-0.3, -0.25) is 0 Å². The first-order valence-electron chi connectivity index (χ1n) is 8.09. The van der Waals surface area contributed by atoms with E-state index in [2.05, 4.69) is 39.9 Å². The third kappa shape index (κ3) is 4.52. The number of fused-ring (bicyclic) bond motifs is 1. The largest absolute Gasteiger partial charge is 0.358 e. The number of aromatic nitrogens is 3. The highest BCUT2D eigenvalue weighted by Crippen LogP contribution is 2.24. The topological polar surface area (TPSA) is 72.2 Å². The van der Waals surface area contributed by atoms with Gasteiger partial charge in [-0.1, -0.05) is 0 Å². The van der Waals surface area contributed by atoms with Crippen molar-refractivity contribution in [2.24, 2.45) is 0 Å². The van der Waals surface area contributed by atoms with Gasteiger partial charge in [0.1, 0.15) is 5.82 Å². The molecular formula is C17H25N7. The van der Waals surface area contributed by atoms with Gasteiger partial charge in [0.05, 0.1) is 17.9 Å². The molecule has 2 rings (SSSR count). The van der Waals surface area contributed by atoms with Gasteiger partial charge in [-0.2, -0.15) is 15.2 Å². The first-order chi connectivity index (χ1) is 11.5. The lowest BCUT2D eigenvalue weighted by Crippen LogP contribution is -2.26. The molecule has 0 fully saturated rings. The van der Waals surface area contributed by atoms with Crippen molar-refractivity contribution in [1.29, 1.82) is 5.26 Å². The van der Waals surface area contributed by atoms with Crippen molar-refractivity contribution in [1.82, 2.24) is 19.9 Å². The van der Waals surface area contributed by atoms with Gasteiger partial charge in [0, 0.05) is 33.4 Å². The van der Waals surface area contributed by atoms with Gasteiger partial charge < -0.3 is 14.7 Å². The molecule has 0 saturated heterocycles. The molecule has 0 radical (unpaired) electrons. The number of nitrogens with zero attached hydrogens (tertiary/aromatic N) is 7. The molecule has 2 aromatic heterocycles. The van der Waals surface area contributed by atoms with E-state index < -0.39 is 0 Å². The number of nitriles is 1. The predicted octanol–water partition coefficient (Wildman–Crippen LogP) is 1.76. The van der Waals surface area contributed by atoms with Crippen LogP contribution in [0.15, 0.2) is 18.3 Å². The van der Waals surface area contributed by atoms with Gasteiger partial charge >= 0.3 is 0 Å². The molecule has 0 saturated carbocycles. The fourth-order valence-electron chi connectivity index (χ4n) is 2.44. The van der Waals surface area contributed by atoms with Crippen molar-refractivity contribution in [3.63, 3.8) is 0 Å². The Labute approximate surface area is 143 Å². The molecule has 0 bridgehead atoms. The van der Waals surface area contributed by atoms with Crippen LogP contribution in [0.2, 0.25) is 0 Å². The van der Waals surface area contributed by atoms with Crippen LogP contribution in [0.1, 0.15) is 12.8 Å². The van der Waals surface area contributed by atoms with Gasteiger partial charge in [0.15, 0.2) is 5.65 Å². The second kappa shape index (κ2) is 8.41. The predicted molar refractivity (Wildman–Crippen MR) is 97.3 cm³/mol. The van der Waals surface area contributed by atoms with Gasteiger partial charge in [-0.15, -0.1) is 0 Å².